The summed E-state index contributed by atoms with van der Waals surface area (Å²) in [5.74, 6) is 1.80. The van der Waals surface area contributed by atoms with E-state index in [4.69, 9.17) is 4.42 Å². The van der Waals surface area contributed by atoms with Gasteiger partial charge in [0, 0.05) is 10.8 Å². The fourth-order valence-electron chi connectivity index (χ4n) is 3.31. The highest BCUT2D eigenvalue weighted by molar-refractivity contribution is 5.60. The number of oxazole rings is 1. The minimum absolute atomic E-state index is 0.0105. The molecule has 4 rings (SSSR count). The smallest absolute Gasteiger partial charge is 0.200 e. The molecule has 1 aromatic heterocycles. The molecule has 0 N–H and O–H groups in total. The molecule has 0 spiro atoms. The van der Waals surface area contributed by atoms with E-state index in [1.807, 2.05) is 6.92 Å². The predicted octanol–water partition coefficient (Wildman–Crippen LogP) is 2.77. The average molecular weight is 219 g/mol. The van der Waals surface area contributed by atoms with Crippen molar-refractivity contribution in [1.29, 1.82) is 0 Å². The van der Waals surface area contributed by atoms with Crippen LogP contribution in [0.2, 0.25) is 0 Å². The van der Waals surface area contributed by atoms with E-state index in [1.54, 1.807) is 6.20 Å². The summed E-state index contributed by atoms with van der Waals surface area (Å²) in [5, 5.41) is 0. The lowest BCUT2D eigenvalue weighted by molar-refractivity contribution is -0.122. The van der Waals surface area contributed by atoms with Crippen LogP contribution < -0.4 is 0 Å². The second kappa shape index (κ2) is 3.19. The highest BCUT2D eigenvalue weighted by Gasteiger charge is 2.51. The Morgan fingerprint density at radius 2 is 1.88 bits per heavy atom. The molecule has 0 saturated heterocycles. The second-order valence-electron chi connectivity index (χ2n) is 5.54. The maximum Gasteiger partial charge on any atom is 0.200 e. The molecule has 3 aliphatic rings. The summed E-state index contributed by atoms with van der Waals surface area (Å²) in [4.78, 5) is 15.5. The van der Waals surface area contributed by atoms with Gasteiger partial charge in [-0.1, -0.05) is 0 Å². The summed E-state index contributed by atoms with van der Waals surface area (Å²) in [7, 11) is 0. The fourth-order valence-corrected chi connectivity index (χ4v) is 3.31. The molecule has 0 amide bonds. The summed E-state index contributed by atoms with van der Waals surface area (Å²) >= 11 is 0. The van der Waals surface area contributed by atoms with E-state index in [-0.39, 0.29) is 10.8 Å². The minimum atomic E-state index is -0.0105. The first kappa shape index (κ1) is 10.1. The number of carbonyl (C=O) groups is 1. The Kier molecular flexibility index (Phi) is 2.00. The van der Waals surface area contributed by atoms with Gasteiger partial charge in [-0.3, -0.25) is 0 Å². The van der Waals surface area contributed by atoms with Crippen molar-refractivity contribution < 1.29 is 9.21 Å². The zero-order chi connectivity index (χ0) is 11.2. The number of aldehydes is 1. The van der Waals surface area contributed by atoms with Crippen LogP contribution in [0, 0.1) is 12.3 Å². The Labute approximate surface area is 95.2 Å². The van der Waals surface area contributed by atoms with Gasteiger partial charge in [-0.2, -0.15) is 0 Å². The van der Waals surface area contributed by atoms with E-state index < -0.39 is 0 Å². The lowest BCUT2D eigenvalue weighted by atomic mass is 9.54. The van der Waals surface area contributed by atoms with E-state index in [9.17, 15) is 4.79 Å². The molecule has 86 valence electrons. The summed E-state index contributed by atoms with van der Waals surface area (Å²) in [6.07, 6.45) is 9.22. The van der Waals surface area contributed by atoms with Crippen molar-refractivity contribution in [3.05, 3.63) is 17.8 Å². The highest BCUT2D eigenvalue weighted by atomic mass is 16.4. The third-order valence-corrected chi connectivity index (χ3v) is 4.63. The largest absolute Gasteiger partial charge is 0.445 e. The van der Waals surface area contributed by atoms with Gasteiger partial charge in [0.2, 0.25) is 5.89 Å². The Morgan fingerprint density at radius 1 is 1.25 bits per heavy atom. The normalized spacial score (nSPS) is 37.6. The second-order valence-corrected chi connectivity index (χ2v) is 5.54. The van der Waals surface area contributed by atoms with Crippen LogP contribution in [0.15, 0.2) is 10.6 Å². The molecule has 1 aromatic rings. The molecule has 3 saturated carbocycles. The lowest BCUT2D eigenvalue weighted by Crippen LogP contribution is -2.45. The molecule has 3 nitrogen and oxygen atoms in total. The van der Waals surface area contributed by atoms with Crippen molar-refractivity contribution in [2.75, 3.05) is 0 Å². The van der Waals surface area contributed by atoms with Crippen molar-refractivity contribution in [1.82, 2.24) is 4.98 Å². The van der Waals surface area contributed by atoms with Crippen LogP contribution in [0.25, 0.3) is 0 Å². The van der Waals surface area contributed by atoms with Gasteiger partial charge in [-0.05, 0) is 45.4 Å². The maximum atomic E-state index is 11.1. The molecule has 3 aliphatic carbocycles. The summed E-state index contributed by atoms with van der Waals surface area (Å²) in [6.45, 7) is 1.94. The zero-order valence-corrected chi connectivity index (χ0v) is 9.66. The van der Waals surface area contributed by atoms with E-state index in [0.717, 1.165) is 50.2 Å². The van der Waals surface area contributed by atoms with Crippen LogP contribution in [-0.4, -0.2) is 11.3 Å². The zero-order valence-electron chi connectivity index (χ0n) is 9.66. The topological polar surface area (TPSA) is 43.1 Å². The fraction of sp³-hybridized carbons (Fsp3) is 0.692. The van der Waals surface area contributed by atoms with Gasteiger partial charge in [0.1, 0.15) is 12.0 Å². The summed E-state index contributed by atoms with van der Waals surface area (Å²) in [6, 6.07) is 0. The standard InChI is InChI=1S/C13H17NO2/c1-10-8-14-11(16-10)13-5-2-12(9-15,3-6-13)4-7-13/h8-9H,2-7H2,1H3. The molecule has 2 bridgehead atoms. The van der Waals surface area contributed by atoms with Gasteiger partial charge in [0.25, 0.3) is 0 Å². The number of rotatable bonds is 2. The van der Waals surface area contributed by atoms with Gasteiger partial charge in [-0.25, -0.2) is 4.98 Å². The number of aromatic nitrogens is 1. The summed E-state index contributed by atoms with van der Waals surface area (Å²) < 4.78 is 5.71. The Morgan fingerprint density at radius 3 is 2.31 bits per heavy atom. The molecule has 0 aromatic carbocycles. The molecular formula is C13H17NO2. The van der Waals surface area contributed by atoms with Crippen LogP contribution in [0.3, 0.4) is 0 Å². The number of hydrogen-bond donors (Lipinski definition) is 0. The Hall–Kier alpha value is -1.12. The van der Waals surface area contributed by atoms with Crippen LogP contribution >= 0.6 is 0 Å². The average Bonchev–Trinajstić information content (AvgIpc) is 2.79. The molecule has 3 fully saturated rings. The highest BCUT2D eigenvalue weighted by Crippen LogP contribution is 2.56. The van der Waals surface area contributed by atoms with Crippen molar-refractivity contribution >= 4 is 6.29 Å². The Balaban J connectivity index is 1.90. The molecule has 1 heterocycles. The van der Waals surface area contributed by atoms with Crippen LogP contribution in [0.5, 0.6) is 0 Å². The third kappa shape index (κ3) is 1.27. The van der Waals surface area contributed by atoms with Crippen LogP contribution in [0.1, 0.15) is 50.2 Å². The lowest BCUT2D eigenvalue weighted by Gasteiger charge is -2.49. The third-order valence-electron chi connectivity index (χ3n) is 4.63. The number of aryl methyl sites for hydroxylation is 1. The minimum Gasteiger partial charge on any atom is -0.445 e. The van der Waals surface area contributed by atoms with Crippen molar-refractivity contribution in [2.24, 2.45) is 5.41 Å². The first-order valence-electron chi connectivity index (χ1n) is 6.07. The number of carbonyl (C=O) groups excluding carboxylic acids is 1. The van der Waals surface area contributed by atoms with Crippen LogP contribution in [0.4, 0.5) is 0 Å². The number of hydrogen-bond acceptors (Lipinski definition) is 3. The molecule has 0 unspecified atom stereocenters. The van der Waals surface area contributed by atoms with Gasteiger partial charge < -0.3 is 9.21 Å². The molecule has 3 heteroatoms. The van der Waals surface area contributed by atoms with Gasteiger partial charge in [-0.15, -0.1) is 0 Å². The summed E-state index contributed by atoms with van der Waals surface area (Å²) in [5.41, 5.74) is 0.127. The van der Waals surface area contributed by atoms with E-state index in [0.29, 0.717) is 0 Å². The molecule has 0 radical (unpaired) electrons. The number of nitrogens with zero attached hydrogens (tertiary/aromatic N) is 1. The molecule has 0 aliphatic heterocycles. The first-order valence-corrected chi connectivity index (χ1v) is 6.07. The van der Waals surface area contributed by atoms with Crippen molar-refractivity contribution in [3.8, 4) is 0 Å². The van der Waals surface area contributed by atoms with Gasteiger partial charge >= 0.3 is 0 Å². The first-order chi connectivity index (χ1) is 7.68. The number of fused-ring (bicyclic) bond motifs is 3. The van der Waals surface area contributed by atoms with Crippen molar-refractivity contribution in [2.45, 2.75) is 50.9 Å². The molecule has 16 heavy (non-hydrogen) atoms. The predicted molar refractivity (Wildman–Crippen MR) is 59.1 cm³/mol. The molecular weight excluding hydrogens is 202 g/mol. The molecule has 0 atom stereocenters. The van der Waals surface area contributed by atoms with Crippen molar-refractivity contribution in [3.63, 3.8) is 0 Å². The van der Waals surface area contributed by atoms with Gasteiger partial charge in [0.15, 0.2) is 0 Å². The Bertz CT molecular complexity index is 397. The van der Waals surface area contributed by atoms with Gasteiger partial charge in [0.05, 0.1) is 6.20 Å². The SMILES string of the molecule is Cc1cnc(C23CCC(C=O)(CC2)CC3)o1. The van der Waals surface area contributed by atoms with E-state index in [1.165, 1.54) is 6.29 Å². The van der Waals surface area contributed by atoms with E-state index >= 15 is 0 Å². The quantitative estimate of drug-likeness (QED) is 0.718. The van der Waals surface area contributed by atoms with E-state index in [2.05, 4.69) is 4.98 Å². The van der Waals surface area contributed by atoms with Crippen LogP contribution in [-0.2, 0) is 10.2 Å². The monoisotopic (exact) mass is 219 g/mol. The maximum absolute atomic E-state index is 11.1.